The Balaban J connectivity index is 3.69. The van der Waals surface area contributed by atoms with Gasteiger partial charge < -0.3 is 10.0 Å². The summed E-state index contributed by atoms with van der Waals surface area (Å²) in [4.78, 5) is 2.15. The molecule has 0 radical (unpaired) electrons. The zero-order chi connectivity index (χ0) is 8.15. The van der Waals surface area contributed by atoms with E-state index in [1.165, 1.54) is 0 Å². The maximum Gasteiger partial charge on any atom is 0.0689 e. The van der Waals surface area contributed by atoms with Gasteiger partial charge in [-0.05, 0) is 26.9 Å². The highest BCUT2D eigenvalue weighted by Gasteiger charge is 2.14. The van der Waals surface area contributed by atoms with E-state index in [2.05, 4.69) is 18.7 Å². The second kappa shape index (κ2) is 4.69. The average Bonchev–Trinajstić information content (AvgIpc) is 2.00. The summed E-state index contributed by atoms with van der Waals surface area (Å²) in [6.45, 7) is 7.15. The maximum absolute atomic E-state index is 9.39. The third kappa shape index (κ3) is 2.67. The number of hydrogen-bond acceptors (Lipinski definition) is 2. The van der Waals surface area contributed by atoms with Crippen LogP contribution in [0.2, 0.25) is 0 Å². The fourth-order valence-electron chi connectivity index (χ4n) is 0.923. The molecule has 1 N–H and O–H groups in total. The molecule has 2 atom stereocenters. The molecule has 10 heavy (non-hydrogen) atoms. The summed E-state index contributed by atoms with van der Waals surface area (Å²) in [5.41, 5.74) is 0. The topological polar surface area (TPSA) is 23.5 Å². The van der Waals surface area contributed by atoms with Crippen molar-refractivity contribution < 1.29 is 5.11 Å². The second-order valence-corrected chi connectivity index (χ2v) is 2.79. The van der Waals surface area contributed by atoms with Gasteiger partial charge in [0.05, 0.1) is 6.10 Å². The minimum atomic E-state index is -0.176. The van der Waals surface area contributed by atoms with E-state index in [0.717, 1.165) is 13.0 Å². The van der Waals surface area contributed by atoms with Crippen molar-refractivity contribution in [3.05, 3.63) is 0 Å². The monoisotopic (exact) mass is 145 g/mol. The average molecular weight is 145 g/mol. The molecule has 0 spiro atoms. The largest absolute Gasteiger partial charge is 0.392 e. The Morgan fingerprint density at radius 2 is 1.90 bits per heavy atom. The van der Waals surface area contributed by atoms with E-state index >= 15 is 0 Å². The van der Waals surface area contributed by atoms with E-state index in [4.69, 9.17) is 0 Å². The summed E-state index contributed by atoms with van der Waals surface area (Å²) in [7, 11) is 2.03. The van der Waals surface area contributed by atoms with Gasteiger partial charge >= 0.3 is 0 Å². The first kappa shape index (κ1) is 9.92. The highest BCUT2D eigenvalue weighted by Crippen LogP contribution is 2.03. The minimum absolute atomic E-state index is 0.176. The summed E-state index contributed by atoms with van der Waals surface area (Å²) in [5, 5.41) is 9.39. The van der Waals surface area contributed by atoms with E-state index in [1.807, 2.05) is 14.0 Å². The fraction of sp³-hybridized carbons (Fsp3) is 1.00. The molecular weight excluding hydrogens is 126 g/mol. The molecule has 0 saturated heterocycles. The first-order valence-corrected chi connectivity index (χ1v) is 4.01. The molecule has 0 aliphatic rings. The highest BCUT2D eigenvalue weighted by molar-refractivity contribution is 4.69. The summed E-state index contributed by atoms with van der Waals surface area (Å²) in [5.74, 6) is 0. The number of likely N-dealkylation sites (N-methyl/N-ethyl adjacent to an activating group) is 1. The van der Waals surface area contributed by atoms with Gasteiger partial charge in [-0.3, -0.25) is 0 Å². The molecule has 62 valence electrons. The van der Waals surface area contributed by atoms with Crippen LogP contribution in [0, 0.1) is 0 Å². The Labute approximate surface area is 63.8 Å². The van der Waals surface area contributed by atoms with Gasteiger partial charge in [-0.15, -0.1) is 0 Å². The van der Waals surface area contributed by atoms with Crippen molar-refractivity contribution in [2.24, 2.45) is 0 Å². The van der Waals surface area contributed by atoms with Crippen LogP contribution >= 0.6 is 0 Å². The molecule has 0 aromatic rings. The lowest BCUT2D eigenvalue weighted by atomic mass is 10.1. The smallest absolute Gasteiger partial charge is 0.0689 e. The molecule has 0 amide bonds. The van der Waals surface area contributed by atoms with Crippen LogP contribution < -0.4 is 0 Å². The summed E-state index contributed by atoms with van der Waals surface area (Å²) in [6, 6.07) is 0.287. The molecule has 2 nitrogen and oxygen atoms in total. The van der Waals surface area contributed by atoms with Crippen LogP contribution in [-0.4, -0.2) is 35.7 Å². The summed E-state index contributed by atoms with van der Waals surface area (Å²) in [6.07, 6.45) is 0.663. The molecule has 0 aromatic heterocycles. The summed E-state index contributed by atoms with van der Waals surface area (Å²) >= 11 is 0. The molecule has 0 bridgehead atoms. The first-order chi connectivity index (χ1) is 4.63. The Bertz CT molecular complexity index is 75.3. The highest BCUT2D eigenvalue weighted by atomic mass is 16.3. The SMILES string of the molecule is CC[C@H](O)[C@H](C)N(C)CC. The Kier molecular flexibility index (Phi) is 4.65. The van der Waals surface area contributed by atoms with Crippen LogP contribution in [0.5, 0.6) is 0 Å². The van der Waals surface area contributed by atoms with E-state index in [0.29, 0.717) is 0 Å². The zero-order valence-corrected chi connectivity index (χ0v) is 7.46. The third-order valence-corrected chi connectivity index (χ3v) is 2.17. The van der Waals surface area contributed by atoms with Crippen molar-refractivity contribution in [1.82, 2.24) is 4.90 Å². The van der Waals surface area contributed by atoms with Gasteiger partial charge in [0.15, 0.2) is 0 Å². The van der Waals surface area contributed by atoms with Crippen molar-refractivity contribution in [1.29, 1.82) is 0 Å². The van der Waals surface area contributed by atoms with Crippen LogP contribution in [0.1, 0.15) is 27.2 Å². The molecule has 0 aliphatic carbocycles. The van der Waals surface area contributed by atoms with Gasteiger partial charge in [-0.2, -0.15) is 0 Å². The molecule has 0 unspecified atom stereocenters. The molecule has 0 aromatic carbocycles. The molecule has 0 aliphatic heterocycles. The molecule has 2 heteroatoms. The van der Waals surface area contributed by atoms with Crippen LogP contribution in [0.25, 0.3) is 0 Å². The van der Waals surface area contributed by atoms with Crippen LogP contribution in [-0.2, 0) is 0 Å². The maximum atomic E-state index is 9.39. The van der Waals surface area contributed by atoms with E-state index in [9.17, 15) is 5.11 Å². The predicted octanol–water partition coefficient (Wildman–Crippen LogP) is 1.10. The minimum Gasteiger partial charge on any atom is -0.392 e. The van der Waals surface area contributed by atoms with Crippen LogP contribution in [0.4, 0.5) is 0 Å². The van der Waals surface area contributed by atoms with Crippen molar-refractivity contribution in [3.8, 4) is 0 Å². The number of aliphatic hydroxyl groups is 1. The lowest BCUT2D eigenvalue weighted by Gasteiger charge is -2.26. The Morgan fingerprint density at radius 3 is 2.20 bits per heavy atom. The fourth-order valence-corrected chi connectivity index (χ4v) is 0.923. The van der Waals surface area contributed by atoms with E-state index < -0.39 is 0 Å². The number of nitrogens with zero attached hydrogens (tertiary/aromatic N) is 1. The van der Waals surface area contributed by atoms with Crippen molar-refractivity contribution in [2.45, 2.75) is 39.3 Å². The van der Waals surface area contributed by atoms with Gasteiger partial charge in [-0.25, -0.2) is 0 Å². The third-order valence-electron chi connectivity index (χ3n) is 2.17. The van der Waals surface area contributed by atoms with Crippen molar-refractivity contribution in [2.75, 3.05) is 13.6 Å². The standard InChI is InChI=1S/C8H19NO/c1-5-8(10)7(3)9(4)6-2/h7-8,10H,5-6H2,1-4H3/t7-,8-/m0/s1. The lowest BCUT2D eigenvalue weighted by Crippen LogP contribution is -2.38. The first-order valence-electron chi connectivity index (χ1n) is 4.01. The molecule has 0 rings (SSSR count). The van der Waals surface area contributed by atoms with Crippen molar-refractivity contribution in [3.63, 3.8) is 0 Å². The number of hydrogen-bond donors (Lipinski definition) is 1. The zero-order valence-electron chi connectivity index (χ0n) is 7.46. The molecule has 0 fully saturated rings. The van der Waals surface area contributed by atoms with Gasteiger partial charge in [0.25, 0.3) is 0 Å². The van der Waals surface area contributed by atoms with E-state index in [1.54, 1.807) is 0 Å². The van der Waals surface area contributed by atoms with Crippen LogP contribution in [0.3, 0.4) is 0 Å². The van der Waals surface area contributed by atoms with Crippen LogP contribution in [0.15, 0.2) is 0 Å². The molecule has 0 saturated carbocycles. The Hall–Kier alpha value is -0.0800. The van der Waals surface area contributed by atoms with E-state index in [-0.39, 0.29) is 12.1 Å². The summed E-state index contributed by atoms with van der Waals surface area (Å²) < 4.78 is 0. The number of aliphatic hydroxyl groups excluding tert-OH is 1. The van der Waals surface area contributed by atoms with Crippen molar-refractivity contribution >= 4 is 0 Å². The van der Waals surface area contributed by atoms with Gasteiger partial charge in [0.2, 0.25) is 0 Å². The van der Waals surface area contributed by atoms with Gasteiger partial charge in [-0.1, -0.05) is 13.8 Å². The predicted molar refractivity (Wildman–Crippen MR) is 44.1 cm³/mol. The normalized spacial score (nSPS) is 17.4. The van der Waals surface area contributed by atoms with Gasteiger partial charge in [0.1, 0.15) is 0 Å². The quantitative estimate of drug-likeness (QED) is 0.640. The Morgan fingerprint density at radius 1 is 1.40 bits per heavy atom. The second-order valence-electron chi connectivity index (χ2n) is 2.79. The number of rotatable bonds is 4. The van der Waals surface area contributed by atoms with Gasteiger partial charge in [0, 0.05) is 6.04 Å². The lowest BCUT2D eigenvalue weighted by molar-refractivity contribution is 0.0728. The molecule has 0 heterocycles. The molecular formula is C8H19NO.